The number of phenols is 1. The van der Waals surface area contributed by atoms with Crippen LogP contribution in [0.4, 0.5) is 17.2 Å². The molecule has 2 heterocycles. The molecule has 10 heteroatoms. The van der Waals surface area contributed by atoms with Gasteiger partial charge in [-0.2, -0.15) is 0 Å². The third-order valence-electron chi connectivity index (χ3n) is 4.59. The third-order valence-corrected chi connectivity index (χ3v) is 5.64. The number of aromatic nitrogens is 4. The first-order chi connectivity index (χ1) is 14.5. The van der Waals surface area contributed by atoms with Crippen molar-refractivity contribution in [3.05, 3.63) is 60.7 Å². The van der Waals surface area contributed by atoms with Gasteiger partial charge in [0.1, 0.15) is 28.6 Å². The first-order valence-corrected chi connectivity index (χ1v) is 10.3. The number of nitrogens with zero attached hydrogens (tertiary/aromatic N) is 4. The van der Waals surface area contributed by atoms with Crippen LogP contribution in [-0.2, 0) is 17.5 Å². The fourth-order valence-electron chi connectivity index (χ4n) is 3.18. The number of phenolic OH excluding ortho intramolecular Hbond substituents is 1. The van der Waals surface area contributed by atoms with Crippen LogP contribution in [-0.4, -0.2) is 43.3 Å². The van der Waals surface area contributed by atoms with Gasteiger partial charge in [-0.3, -0.25) is 0 Å². The lowest BCUT2D eigenvalue weighted by atomic mass is 10.2. The maximum atomic E-state index is 12.3. The zero-order valence-corrected chi connectivity index (χ0v) is 17.3. The van der Waals surface area contributed by atoms with Crippen molar-refractivity contribution in [1.82, 2.24) is 24.7 Å². The number of anilines is 3. The van der Waals surface area contributed by atoms with E-state index in [0.29, 0.717) is 28.4 Å². The van der Waals surface area contributed by atoms with Gasteiger partial charge in [0.15, 0.2) is 11.5 Å². The highest BCUT2D eigenvalue weighted by Gasteiger charge is 2.14. The van der Waals surface area contributed by atoms with E-state index in [1.165, 1.54) is 6.33 Å². The monoisotopic (exact) mass is 423 g/mol. The molecule has 0 aliphatic carbocycles. The maximum absolute atomic E-state index is 12.3. The maximum Gasteiger partial charge on any atom is 0.182 e. The molecule has 0 fully saturated rings. The van der Waals surface area contributed by atoms with Crippen molar-refractivity contribution in [1.29, 1.82) is 0 Å². The summed E-state index contributed by atoms with van der Waals surface area (Å²) in [6.45, 7) is 0.570. The van der Waals surface area contributed by atoms with Crippen molar-refractivity contribution in [3.8, 4) is 5.75 Å². The standard InChI is InChI=1S/C20H21N7O2S/c1-21-30(29)15-6-7-17(27(2)10-13-4-3-5-14(28)8-13)16(9-15)26-20-18-19(23-11-22-18)24-12-25-20/h3-9,11-12,21,28H,10H2,1-2H3,(H2,22,23,24,25,26). The minimum Gasteiger partial charge on any atom is -0.508 e. The number of aromatic hydroxyl groups is 1. The van der Waals surface area contributed by atoms with Crippen LogP contribution in [0.25, 0.3) is 11.2 Å². The fourth-order valence-corrected chi connectivity index (χ4v) is 3.83. The van der Waals surface area contributed by atoms with Crippen LogP contribution in [0.5, 0.6) is 5.75 Å². The summed E-state index contributed by atoms with van der Waals surface area (Å²) in [5.41, 5.74) is 3.80. The number of benzene rings is 2. The topological polar surface area (TPSA) is 119 Å². The van der Waals surface area contributed by atoms with Gasteiger partial charge in [-0.05, 0) is 42.9 Å². The number of hydrogen-bond donors (Lipinski definition) is 4. The first-order valence-electron chi connectivity index (χ1n) is 9.18. The SMILES string of the molecule is CNS(=O)c1ccc(N(C)Cc2cccc(O)c2)c(Nc2ncnc3nc[nH]c23)c1. The summed E-state index contributed by atoms with van der Waals surface area (Å²) < 4.78 is 15.0. The van der Waals surface area contributed by atoms with Crippen molar-refractivity contribution in [2.75, 3.05) is 24.3 Å². The van der Waals surface area contributed by atoms with Crippen LogP contribution in [0.3, 0.4) is 0 Å². The lowest BCUT2D eigenvalue weighted by Crippen LogP contribution is -2.18. The Kier molecular flexibility index (Phi) is 5.59. The van der Waals surface area contributed by atoms with E-state index in [1.807, 2.05) is 42.3 Å². The Morgan fingerprint density at radius 2 is 2.03 bits per heavy atom. The molecule has 1 atom stereocenters. The zero-order chi connectivity index (χ0) is 21.1. The average Bonchev–Trinajstić information content (AvgIpc) is 3.23. The summed E-state index contributed by atoms with van der Waals surface area (Å²) in [5, 5.41) is 13.1. The Labute approximate surface area is 175 Å². The lowest BCUT2D eigenvalue weighted by molar-refractivity contribution is 0.474. The number of fused-ring (bicyclic) bond motifs is 1. The predicted molar refractivity (Wildman–Crippen MR) is 117 cm³/mol. The van der Waals surface area contributed by atoms with Crippen molar-refractivity contribution in [3.63, 3.8) is 0 Å². The summed E-state index contributed by atoms with van der Waals surface area (Å²) in [5.74, 6) is 0.790. The molecule has 4 rings (SSSR count). The van der Waals surface area contributed by atoms with Gasteiger partial charge < -0.3 is 20.3 Å². The van der Waals surface area contributed by atoms with Gasteiger partial charge in [0.05, 0.1) is 22.6 Å². The normalized spacial score (nSPS) is 12.1. The highest BCUT2D eigenvalue weighted by Crippen LogP contribution is 2.32. The fraction of sp³-hybridized carbons (Fsp3) is 0.150. The molecule has 30 heavy (non-hydrogen) atoms. The summed E-state index contributed by atoms with van der Waals surface area (Å²) in [6, 6.07) is 12.7. The average molecular weight is 424 g/mol. The van der Waals surface area contributed by atoms with Crippen LogP contribution in [0, 0.1) is 0 Å². The number of hydrogen-bond acceptors (Lipinski definition) is 7. The molecule has 9 nitrogen and oxygen atoms in total. The van der Waals surface area contributed by atoms with E-state index in [4.69, 9.17) is 0 Å². The number of rotatable bonds is 7. The van der Waals surface area contributed by atoms with E-state index < -0.39 is 11.0 Å². The highest BCUT2D eigenvalue weighted by molar-refractivity contribution is 7.83. The van der Waals surface area contributed by atoms with E-state index in [1.54, 1.807) is 25.5 Å². The van der Waals surface area contributed by atoms with Crippen LogP contribution < -0.4 is 14.9 Å². The molecule has 0 amide bonds. The van der Waals surface area contributed by atoms with Crippen LogP contribution >= 0.6 is 0 Å². The minimum atomic E-state index is -1.34. The van der Waals surface area contributed by atoms with Gasteiger partial charge in [-0.15, -0.1) is 0 Å². The second-order valence-corrected chi connectivity index (χ2v) is 8.04. The van der Waals surface area contributed by atoms with Crippen LogP contribution in [0.2, 0.25) is 0 Å². The summed E-state index contributed by atoms with van der Waals surface area (Å²) in [7, 11) is 2.26. The Balaban J connectivity index is 1.72. The van der Waals surface area contributed by atoms with E-state index in [9.17, 15) is 9.32 Å². The number of H-pyrrole nitrogens is 1. The second kappa shape index (κ2) is 8.47. The Morgan fingerprint density at radius 1 is 1.17 bits per heavy atom. The van der Waals surface area contributed by atoms with Crippen LogP contribution in [0.15, 0.2) is 60.0 Å². The van der Waals surface area contributed by atoms with Gasteiger partial charge in [-0.25, -0.2) is 23.9 Å². The molecule has 0 aliphatic rings. The molecule has 2 aromatic heterocycles. The first kappa shape index (κ1) is 19.8. The second-order valence-electron chi connectivity index (χ2n) is 6.63. The zero-order valence-electron chi connectivity index (χ0n) is 16.5. The van der Waals surface area contributed by atoms with Gasteiger partial charge in [0.25, 0.3) is 0 Å². The number of imidazole rings is 1. The molecule has 2 aromatic carbocycles. The Morgan fingerprint density at radius 3 is 2.83 bits per heavy atom. The molecular formula is C20H21N7O2S. The van der Waals surface area contributed by atoms with Crippen molar-refractivity contribution in [2.24, 2.45) is 0 Å². The molecule has 154 valence electrons. The van der Waals surface area contributed by atoms with Crippen molar-refractivity contribution >= 4 is 39.3 Å². The van der Waals surface area contributed by atoms with Gasteiger partial charge in [-0.1, -0.05) is 12.1 Å². The van der Waals surface area contributed by atoms with E-state index in [-0.39, 0.29) is 5.75 Å². The molecule has 1 unspecified atom stereocenters. The largest absolute Gasteiger partial charge is 0.508 e. The molecule has 0 saturated heterocycles. The van der Waals surface area contributed by atoms with Crippen LogP contribution in [0.1, 0.15) is 5.56 Å². The molecule has 0 bridgehead atoms. The van der Waals surface area contributed by atoms with E-state index in [0.717, 1.165) is 16.9 Å². The smallest absolute Gasteiger partial charge is 0.182 e. The van der Waals surface area contributed by atoms with Gasteiger partial charge in [0.2, 0.25) is 0 Å². The molecule has 4 N–H and O–H groups in total. The molecule has 0 spiro atoms. The lowest BCUT2D eigenvalue weighted by Gasteiger charge is -2.24. The van der Waals surface area contributed by atoms with E-state index in [2.05, 4.69) is 30.0 Å². The third kappa shape index (κ3) is 4.09. The molecule has 0 aliphatic heterocycles. The van der Waals surface area contributed by atoms with Crippen molar-refractivity contribution < 1.29 is 9.32 Å². The summed E-state index contributed by atoms with van der Waals surface area (Å²) in [4.78, 5) is 18.3. The minimum absolute atomic E-state index is 0.224. The van der Waals surface area contributed by atoms with E-state index >= 15 is 0 Å². The molecular weight excluding hydrogens is 402 g/mol. The molecule has 0 saturated carbocycles. The molecule has 4 aromatic rings. The number of aromatic amines is 1. The molecule has 0 radical (unpaired) electrons. The Bertz CT molecular complexity index is 1210. The predicted octanol–water partition coefficient (Wildman–Crippen LogP) is 2.68. The van der Waals surface area contributed by atoms with Crippen molar-refractivity contribution in [2.45, 2.75) is 11.4 Å². The number of nitrogens with one attached hydrogen (secondary N) is 3. The van der Waals surface area contributed by atoms with Gasteiger partial charge >= 0.3 is 0 Å². The Hall–Kier alpha value is -3.50. The summed E-state index contributed by atoms with van der Waals surface area (Å²) in [6.07, 6.45) is 3.00. The van der Waals surface area contributed by atoms with Gasteiger partial charge in [0, 0.05) is 13.6 Å². The quantitative estimate of drug-likeness (QED) is 0.361. The highest BCUT2D eigenvalue weighted by atomic mass is 32.2. The summed E-state index contributed by atoms with van der Waals surface area (Å²) >= 11 is 0.